The molecule has 2 amide bonds. The third-order valence-corrected chi connectivity index (χ3v) is 4.34. The van der Waals surface area contributed by atoms with Crippen LogP contribution in [-0.2, 0) is 14.3 Å². The Labute approximate surface area is 180 Å². The summed E-state index contributed by atoms with van der Waals surface area (Å²) in [5, 5.41) is 2.59. The lowest BCUT2D eigenvalue weighted by Gasteiger charge is -2.11. The van der Waals surface area contributed by atoms with Crippen molar-refractivity contribution in [2.24, 2.45) is 0 Å². The summed E-state index contributed by atoms with van der Waals surface area (Å²) in [5.41, 5.74) is 2.19. The average Bonchev–Trinajstić information content (AvgIpc) is 2.99. The maximum Gasteiger partial charge on any atom is 0.355 e. The molecule has 1 aromatic carbocycles. The molecule has 1 aromatic heterocycles. The van der Waals surface area contributed by atoms with Crippen molar-refractivity contribution in [1.29, 1.82) is 0 Å². The molecule has 0 atom stereocenters. The van der Waals surface area contributed by atoms with Crippen LogP contribution in [0.15, 0.2) is 24.3 Å². The standard InChI is InChI=1S/C22H27N3O6/c1-12(2)31-21(28)18-13(3)19(23-14(18)4)22(29)30-11-17(26)24-16-9-7-15(8-10-16)20(27)25(5)6/h7-10,12,23H,11H2,1-6H3,(H,24,26). The Morgan fingerprint density at radius 1 is 1.03 bits per heavy atom. The molecule has 2 N–H and O–H groups in total. The molecule has 0 unspecified atom stereocenters. The zero-order valence-corrected chi connectivity index (χ0v) is 18.5. The fourth-order valence-corrected chi connectivity index (χ4v) is 2.89. The molecule has 0 aliphatic rings. The van der Waals surface area contributed by atoms with Crippen molar-refractivity contribution in [1.82, 2.24) is 9.88 Å². The van der Waals surface area contributed by atoms with Gasteiger partial charge in [-0.25, -0.2) is 9.59 Å². The minimum atomic E-state index is -0.758. The molecule has 0 aliphatic carbocycles. The maximum atomic E-state index is 12.4. The van der Waals surface area contributed by atoms with Gasteiger partial charge in [0.2, 0.25) is 0 Å². The van der Waals surface area contributed by atoms with Crippen molar-refractivity contribution in [3.05, 3.63) is 52.3 Å². The van der Waals surface area contributed by atoms with E-state index in [4.69, 9.17) is 9.47 Å². The van der Waals surface area contributed by atoms with E-state index < -0.39 is 24.5 Å². The molecule has 0 saturated carbocycles. The number of nitrogens with zero attached hydrogens (tertiary/aromatic N) is 1. The van der Waals surface area contributed by atoms with Crippen molar-refractivity contribution < 1.29 is 28.7 Å². The number of hydrogen-bond acceptors (Lipinski definition) is 6. The van der Waals surface area contributed by atoms with Gasteiger partial charge < -0.3 is 24.7 Å². The van der Waals surface area contributed by atoms with Gasteiger partial charge in [-0.1, -0.05) is 0 Å². The fourth-order valence-electron chi connectivity index (χ4n) is 2.89. The van der Waals surface area contributed by atoms with Gasteiger partial charge in [-0.2, -0.15) is 0 Å². The Morgan fingerprint density at radius 2 is 1.65 bits per heavy atom. The number of benzene rings is 1. The molecule has 0 saturated heterocycles. The number of H-pyrrole nitrogens is 1. The fraction of sp³-hybridized carbons (Fsp3) is 0.364. The number of rotatable bonds is 7. The molecule has 9 nitrogen and oxygen atoms in total. The molecule has 2 aromatic rings. The topological polar surface area (TPSA) is 118 Å². The Balaban J connectivity index is 1.97. The molecule has 0 bridgehead atoms. The summed E-state index contributed by atoms with van der Waals surface area (Å²) < 4.78 is 10.3. The molecule has 0 spiro atoms. The van der Waals surface area contributed by atoms with E-state index in [1.165, 1.54) is 4.90 Å². The van der Waals surface area contributed by atoms with E-state index in [0.717, 1.165) is 0 Å². The van der Waals surface area contributed by atoms with Crippen LogP contribution in [0, 0.1) is 13.8 Å². The van der Waals surface area contributed by atoms with Crippen LogP contribution in [0.3, 0.4) is 0 Å². The van der Waals surface area contributed by atoms with Crippen LogP contribution >= 0.6 is 0 Å². The van der Waals surface area contributed by atoms with Gasteiger partial charge in [0, 0.05) is 31.0 Å². The zero-order valence-electron chi connectivity index (χ0n) is 18.5. The van der Waals surface area contributed by atoms with Gasteiger partial charge >= 0.3 is 11.9 Å². The monoisotopic (exact) mass is 429 g/mol. The smallest absolute Gasteiger partial charge is 0.355 e. The van der Waals surface area contributed by atoms with Crippen molar-refractivity contribution in [2.75, 3.05) is 26.0 Å². The highest BCUT2D eigenvalue weighted by Gasteiger charge is 2.24. The summed E-state index contributed by atoms with van der Waals surface area (Å²) >= 11 is 0. The van der Waals surface area contributed by atoms with E-state index in [1.54, 1.807) is 66.1 Å². The molecule has 2 rings (SSSR count). The second-order valence-electron chi connectivity index (χ2n) is 7.48. The number of carbonyl (C=O) groups excluding carboxylic acids is 4. The molecule has 0 aliphatic heterocycles. The van der Waals surface area contributed by atoms with E-state index in [-0.39, 0.29) is 23.3 Å². The number of carbonyl (C=O) groups is 4. The lowest BCUT2D eigenvalue weighted by molar-refractivity contribution is -0.119. The number of aromatic amines is 1. The largest absolute Gasteiger partial charge is 0.459 e. The summed E-state index contributed by atoms with van der Waals surface area (Å²) in [7, 11) is 3.30. The van der Waals surface area contributed by atoms with Gasteiger partial charge in [0.25, 0.3) is 11.8 Å². The van der Waals surface area contributed by atoms with E-state index in [0.29, 0.717) is 22.5 Å². The number of nitrogens with one attached hydrogen (secondary N) is 2. The van der Waals surface area contributed by atoms with Crippen molar-refractivity contribution in [2.45, 2.75) is 33.8 Å². The molecule has 31 heavy (non-hydrogen) atoms. The third-order valence-electron chi connectivity index (χ3n) is 4.34. The molecular formula is C22H27N3O6. The Hall–Kier alpha value is -3.62. The van der Waals surface area contributed by atoms with Crippen LogP contribution in [0.25, 0.3) is 0 Å². The third kappa shape index (κ3) is 5.94. The van der Waals surface area contributed by atoms with E-state index in [1.807, 2.05) is 0 Å². The lowest BCUT2D eigenvalue weighted by atomic mass is 10.1. The first-order valence-corrected chi connectivity index (χ1v) is 9.70. The summed E-state index contributed by atoms with van der Waals surface area (Å²) in [6, 6.07) is 6.35. The summed E-state index contributed by atoms with van der Waals surface area (Å²) in [6.07, 6.45) is -0.296. The number of aromatic nitrogens is 1. The van der Waals surface area contributed by atoms with Crippen LogP contribution in [0.2, 0.25) is 0 Å². The van der Waals surface area contributed by atoms with E-state index in [2.05, 4.69) is 10.3 Å². The first kappa shape index (κ1) is 23.7. The molecule has 166 valence electrons. The zero-order chi connectivity index (χ0) is 23.3. The minimum absolute atomic E-state index is 0.0903. The van der Waals surface area contributed by atoms with Gasteiger partial charge in [0.15, 0.2) is 6.61 Å². The van der Waals surface area contributed by atoms with Gasteiger partial charge in [-0.15, -0.1) is 0 Å². The normalized spacial score (nSPS) is 10.5. The highest BCUT2D eigenvalue weighted by Crippen LogP contribution is 2.20. The van der Waals surface area contributed by atoms with Crippen molar-refractivity contribution in [3.63, 3.8) is 0 Å². The number of amides is 2. The van der Waals surface area contributed by atoms with Gasteiger partial charge in [-0.3, -0.25) is 9.59 Å². The molecular weight excluding hydrogens is 402 g/mol. The lowest BCUT2D eigenvalue weighted by Crippen LogP contribution is -2.22. The summed E-state index contributed by atoms with van der Waals surface area (Å²) in [4.78, 5) is 52.9. The van der Waals surface area contributed by atoms with E-state index >= 15 is 0 Å². The second kappa shape index (κ2) is 9.92. The van der Waals surface area contributed by atoms with Crippen LogP contribution in [0.4, 0.5) is 5.69 Å². The second-order valence-corrected chi connectivity index (χ2v) is 7.48. The predicted octanol–water partition coefficient (Wildman–Crippen LogP) is 2.69. The average molecular weight is 429 g/mol. The first-order chi connectivity index (χ1) is 14.5. The number of hydrogen-bond donors (Lipinski definition) is 2. The number of aryl methyl sites for hydroxylation is 1. The summed E-state index contributed by atoms with van der Waals surface area (Å²) in [6.45, 7) is 6.21. The minimum Gasteiger partial charge on any atom is -0.459 e. The number of esters is 2. The van der Waals surface area contributed by atoms with Gasteiger partial charge in [0.1, 0.15) is 5.69 Å². The van der Waals surface area contributed by atoms with Crippen LogP contribution < -0.4 is 5.32 Å². The highest BCUT2D eigenvalue weighted by atomic mass is 16.5. The SMILES string of the molecule is Cc1[nH]c(C(=O)OCC(=O)Nc2ccc(C(=O)N(C)C)cc2)c(C)c1C(=O)OC(C)C. The Morgan fingerprint density at radius 3 is 2.19 bits per heavy atom. The maximum absolute atomic E-state index is 12.4. The van der Waals surface area contributed by atoms with Crippen molar-refractivity contribution >= 4 is 29.4 Å². The quantitative estimate of drug-likeness (QED) is 0.654. The summed E-state index contributed by atoms with van der Waals surface area (Å²) in [5.74, 6) is -1.99. The van der Waals surface area contributed by atoms with Crippen LogP contribution in [0.5, 0.6) is 0 Å². The number of ether oxygens (including phenoxy) is 2. The van der Waals surface area contributed by atoms with Crippen LogP contribution in [-0.4, -0.2) is 60.4 Å². The molecule has 9 heteroatoms. The predicted molar refractivity (Wildman–Crippen MR) is 114 cm³/mol. The van der Waals surface area contributed by atoms with Crippen LogP contribution in [0.1, 0.15) is 56.3 Å². The molecule has 0 fully saturated rings. The molecule has 1 heterocycles. The van der Waals surface area contributed by atoms with Gasteiger partial charge in [0.05, 0.1) is 11.7 Å². The van der Waals surface area contributed by atoms with Gasteiger partial charge in [-0.05, 0) is 57.5 Å². The number of anilines is 1. The Bertz CT molecular complexity index is 989. The van der Waals surface area contributed by atoms with Crippen molar-refractivity contribution in [3.8, 4) is 0 Å². The highest BCUT2D eigenvalue weighted by molar-refractivity contribution is 6.00. The van der Waals surface area contributed by atoms with E-state index in [9.17, 15) is 19.2 Å². The Kier molecular flexibility index (Phi) is 7.57. The molecule has 0 radical (unpaired) electrons. The first-order valence-electron chi connectivity index (χ1n) is 9.70.